The molecule has 0 heterocycles. The number of methoxy groups -OCH3 is 1. The molecule has 0 amide bonds. The summed E-state index contributed by atoms with van der Waals surface area (Å²) in [5.41, 5.74) is 2.24. The van der Waals surface area contributed by atoms with Crippen molar-refractivity contribution in [2.75, 3.05) is 12.4 Å². The molecule has 2 aromatic carbocycles. The minimum atomic E-state index is 0.291. The van der Waals surface area contributed by atoms with Crippen molar-refractivity contribution in [3.8, 4) is 5.75 Å². The Morgan fingerprint density at radius 1 is 1.25 bits per heavy atom. The normalized spacial score (nSPS) is 12.0. The first-order valence-corrected chi connectivity index (χ1v) is 7.60. The molecule has 2 nitrogen and oxygen atoms in total. The second-order valence-corrected chi connectivity index (χ2v) is 5.95. The van der Waals surface area contributed by atoms with E-state index in [9.17, 15) is 0 Å². The minimum absolute atomic E-state index is 0.291. The molecule has 2 rings (SSSR count). The number of ether oxygens (including phenoxy) is 1. The van der Waals surface area contributed by atoms with E-state index in [4.69, 9.17) is 16.3 Å². The number of nitrogens with one attached hydrogen (secondary N) is 1. The molecule has 106 valence electrons. The molecule has 0 radical (unpaired) electrons. The van der Waals surface area contributed by atoms with E-state index < -0.39 is 0 Å². The lowest BCUT2D eigenvalue weighted by molar-refractivity contribution is 0.409. The van der Waals surface area contributed by atoms with Crippen LogP contribution in [0.3, 0.4) is 0 Å². The lowest BCUT2D eigenvalue weighted by Crippen LogP contribution is -2.18. The van der Waals surface area contributed by atoms with Gasteiger partial charge < -0.3 is 10.1 Å². The predicted octanol–water partition coefficient (Wildman–Crippen LogP) is 5.15. The number of rotatable bonds is 5. The van der Waals surface area contributed by atoms with Crippen molar-refractivity contribution in [1.29, 1.82) is 0 Å². The average molecular weight is 355 g/mol. The van der Waals surface area contributed by atoms with Crippen LogP contribution in [0.1, 0.15) is 12.5 Å². The molecule has 0 saturated carbocycles. The zero-order valence-corrected chi connectivity index (χ0v) is 13.8. The molecule has 1 N–H and O–H groups in total. The lowest BCUT2D eigenvalue weighted by Gasteiger charge is -2.17. The third-order valence-electron chi connectivity index (χ3n) is 3.05. The smallest absolute Gasteiger partial charge is 0.122 e. The van der Waals surface area contributed by atoms with E-state index in [1.54, 1.807) is 7.11 Å². The van der Waals surface area contributed by atoms with Gasteiger partial charge in [0.15, 0.2) is 0 Å². The number of anilines is 1. The lowest BCUT2D eigenvalue weighted by atomic mass is 10.1. The first-order valence-electron chi connectivity index (χ1n) is 6.43. The molecule has 1 unspecified atom stereocenters. The van der Waals surface area contributed by atoms with E-state index in [1.807, 2.05) is 36.4 Å². The monoisotopic (exact) mass is 353 g/mol. The van der Waals surface area contributed by atoms with Crippen LogP contribution in [-0.4, -0.2) is 13.2 Å². The summed E-state index contributed by atoms with van der Waals surface area (Å²) >= 11 is 9.43. The summed E-state index contributed by atoms with van der Waals surface area (Å²) < 4.78 is 6.28. The number of para-hydroxylation sites is 1. The maximum atomic E-state index is 6.00. The van der Waals surface area contributed by atoms with E-state index in [2.05, 4.69) is 34.2 Å². The molecule has 1 atom stereocenters. The molecule has 0 fully saturated rings. The Balaban J connectivity index is 2.05. The van der Waals surface area contributed by atoms with Crippen LogP contribution in [0, 0.1) is 0 Å². The molecular weight excluding hydrogens is 338 g/mol. The van der Waals surface area contributed by atoms with Gasteiger partial charge in [-0.25, -0.2) is 0 Å². The molecule has 0 aliphatic carbocycles. The van der Waals surface area contributed by atoms with Gasteiger partial charge in [0.1, 0.15) is 5.75 Å². The van der Waals surface area contributed by atoms with Crippen LogP contribution in [0.25, 0.3) is 0 Å². The second kappa shape index (κ2) is 7.00. The van der Waals surface area contributed by atoms with Crippen LogP contribution in [0.4, 0.5) is 5.69 Å². The first-order chi connectivity index (χ1) is 9.60. The van der Waals surface area contributed by atoms with Crippen LogP contribution in [0.15, 0.2) is 46.9 Å². The van der Waals surface area contributed by atoms with Crippen LogP contribution in [0.5, 0.6) is 5.75 Å². The van der Waals surface area contributed by atoms with E-state index in [0.29, 0.717) is 11.1 Å². The fourth-order valence-electron chi connectivity index (χ4n) is 2.12. The standard InChI is InChI=1S/C16H17BrClNO/c1-11(9-12-5-3-4-6-16(12)20-2)19-13-7-8-15(18)14(17)10-13/h3-8,10-11,19H,9H2,1-2H3. The highest BCUT2D eigenvalue weighted by molar-refractivity contribution is 9.10. The molecule has 0 saturated heterocycles. The van der Waals surface area contributed by atoms with Crippen LogP contribution in [0.2, 0.25) is 5.02 Å². The zero-order chi connectivity index (χ0) is 14.5. The van der Waals surface area contributed by atoms with Gasteiger partial charge in [-0.05, 0) is 59.1 Å². The Morgan fingerprint density at radius 3 is 2.70 bits per heavy atom. The molecule has 0 aromatic heterocycles. The maximum absolute atomic E-state index is 6.00. The van der Waals surface area contributed by atoms with Crippen molar-refractivity contribution in [2.45, 2.75) is 19.4 Å². The molecule has 0 aliphatic rings. The second-order valence-electron chi connectivity index (χ2n) is 4.69. The van der Waals surface area contributed by atoms with Crippen LogP contribution < -0.4 is 10.1 Å². The third kappa shape index (κ3) is 3.90. The Labute approximate surface area is 133 Å². The first kappa shape index (κ1) is 15.2. The van der Waals surface area contributed by atoms with Gasteiger partial charge in [0.25, 0.3) is 0 Å². The predicted molar refractivity (Wildman–Crippen MR) is 88.9 cm³/mol. The van der Waals surface area contributed by atoms with Crippen molar-refractivity contribution in [3.05, 3.63) is 57.5 Å². The van der Waals surface area contributed by atoms with E-state index in [-0.39, 0.29) is 0 Å². The van der Waals surface area contributed by atoms with Gasteiger partial charge in [-0.1, -0.05) is 29.8 Å². The summed E-state index contributed by atoms with van der Waals surface area (Å²) in [5, 5.41) is 4.18. The SMILES string of the molecule is COc1ccccc1CC(C)Nc1ccc(Cl)c(Br)c1. The van der Waals surface area contributed by atoms with Gasteiger partial charge >= 0.3 is 0 Å². The van der Waals surface area contributed by atoms with E-state index >= 15 is 0 Å². The molecule has 0 spiro atoms. The summed E-state index contributed by atoms with van der Waals surface area (Å²) in [6.07, 6.45) is 0.893. The third-order valence-corrected chi connectivity index (χ3v) is 4.27. The summed E-state index contributed by atoms with van der Waals surface area (Å²) in [5.74, 6) is 0.929. The van der Waals surface area contributed by atoms with E-state index in [0.717, 1.165) is 22.3 Å². The van der Waals surface area contributed by atoms with Gasteiger partial charge in [-0.15, -0.1) is 0 Å². The highest BCUT2D eigenvalue weighted by Gasteiger charge is 2.08. The number of hydrogen-bond donors (Lipinski definition) is 1. The molecular formula is C16H17BrClNO. The Hall–Kier alpha value is -1.19. The molecule has 20 heavy (non-hydrogen) atoms. The minimum Gasteiger partial charge on any atom is -0.496 e. The number of halogens is 2. The van der Waals surface area contributed by atoms with E-state index in [1.165, 1.54) is 5.56 Å². The summed E-state index contributed by atoms with van der Waals surface area (Å²) in [6.45, 7) is 2.15. The van der Waals surface area contributed by atoms with Crippen molar-refractivity contribution in [1.82, 2.24) is 0 Å². The number of hydrogen-bond acceptors (Lipinski definition) is 2. The Morgan fingerprint density at radius 2 is 2.00 bits per heavy atom. The van der Waals surface area contributed by atoms with Gasteiger partial charge in [0, 0.05) is 16.2 Å². The van der Waals surface area contributed by atoms with Crippen molar-refractivity contribution >= 4 is 33.2 Å². The van der Waals surface area contributed by atoms with Gasteiger partial charge in [0.2, 0.25) is 0 Å². The summed E-state index contributed by atoms with van der Waals surface area (Å²) in [7, 11) is 1.70. The fraction of sp³-hybridized carbons (Fsp3) is 0.250. The Bertz CT molecular complexity index is 588. The Kier molecular flexibility index (Phi) is 5.32. The average Bonchev–Trinajstić information content (AvgIpc) is 2.43. The fourth-order valence-corrected chi connectivity index (χ4v) is 2.62. The summed E-state index contributed by atoms with van der Waals surface area (Å²) in [4.78, 5) is 0. The van der Waals surface area contributed by atoms with Gasteiger partial charge in [-0.3, -0.25) is 0 Å². The highest BCUT2D eigenvalue weighted by Crippen LogP contribution is 2.26. The van der Waals surface area contributed by atoms with Crippen LogP contribution in [-0.2, 0) is 6.42 Å². The van der Waals surface area contributed by atoms with Crippen molar-refractivity contribution in [3.63, 3.8) is 0 Å². The molecule has 0 bridgehead atoms. The van der Waals surface area contributed by atoms with Crippen molar-refractivity contribution in [2.24, 2.45) is 0 Å². The van der Waals surface area contributed by atoms with Crippen LogP contribution >= 0.6 is 27.5 Å². The summed E-state index contributed by atoms with van der Waals surface area (Å²) in [6, 6.07) is 14.2. The van der Waals surface area contributed by atoms with Gasteiger partial charge in [0.05, 0.1) is 12.1 Å². The maximum Gasteiger partial charge on any atom is 0.122 e. The molecule has 2 aromatic rings. The zero-order valence-electron chi connectivity index (χ0n) is 11.5. The quantitative estimate of drug-likeness (QED) is 0.801. The van der Waals surface area contributed by atoms with Crippen molar-refractivity contribution < 1.29 is 4.74 Å². The largest absolute Gasteiger partial charge is 0.496 e. The topological polar surface area (TPSA) is 21.3 Å². The number of benzene rings is 2. The molecule has 0 aliphatic heterocycles. The molecule has 4 heteroatoms. The highest BCUT2D eigenvalue weighted by atomic mass is 79.9. The van der Waals surface area contributed by atoms with Gasteiger partial charge in [-0.2, -0.15) is 0 Å².